The van der Waals surface area contributed by atoms with Crippen LogP contribution in [-0.4, -0.2) is 16.1 Å². The number of aromatic nitrogens is 1. The first kappa shape index (κ1) is 10.7. The van der Waals surface area contributed by atoms with Crippen LogP contribution in [0.15, 0.2) is 9.98 Å². The summed E-state index contributed by atoms with van der Waals surface area (Å²) in [6, 6.07) is 0. The fourth-order valence-corrected chi connectivity index (χ4v) is 2.32. The molecule has 0 amide bonds. The number of carboxylic acids is 1. The summed E-state index contributed by atoms with van der Waals surface area (Å²) in [4.78, 5) is 14.9. The zero-order valence-corrected chi connectivity index (χ0v) is 9.78. The Labute approximate surface area is 88.9 Å². The lowest BCUT2D eigenvalue weighted by Crippen LogP contribution is -2.26. The molecule has 0 saturated heterocycles. The average molecular weight is 264 g/mol. The third-order valence-corrected chi connectivity index (χ3v) is 3.25. The second-order valence-electron chi connectivity index (χ2n) is 3.43. The molecule has 0 spiro atoms. The van der Waals surface area contributed by atoms with Gasteiger partial charge in [-0.2, -0.15) is 0 Å². The number of nitrogens with zero attached hydrogens (tertiary/aromatic N) is 1. The van der Waals surface area contributed by atoms with Crippen molar-refractivity contribution in [1.82, 2.24) is 4.98 Å². The van der Waals surface area contributed by atoms with Crippen molar-refractivity contribution in [1.29, 1.82) is 0 Å². The molecule has 0 aromatic carbocycles. The standard InChI is InChI=1S/C8H10BrNO2S/c1-8(2,7(11)12)3-6-10-5(9)4-13-6/h4H,3H2,1-2H3,(H,11,12). The molecule has 1 aromatic rings. The van der Waals surface area contributed by atoms with Crippen molar-refractivity contribution < 1.29 is 9.90 Å². The third-order valence-electron chi connectivity index (χ3n) is 1.70. The Morgan fingerprint density at radius 3 is 2.77 bits per heavy atom. The van der Waals surface area contributed by atoms with Crippen LogP contribution in [0.5, 0.6) is 0 Å². The Morgan fingerprint density at radius 2 is 2.38 bits per heavy atom. The molecule has 0 saturated carbocycles. The minimum atomic E-state index is -0.793. The molecule has 0 bridgehead atoms. The van der Waals surface area contributed by atoms with Gasteiger partial charge in [0.05, 0.1) is 10.4 Å². The molecule has 1 N–H and O–H groups in total. The third kappa shape index (κ3) is 2.77. The Kier molecular flexibility index (Phi) is 3.08. The summed E-state index contributed by atoms with van der Waals surface area (Å²) in [5.74, 6) is -0.793. The number of thiazole rings is 1. The lowest BCUT2D eigenvalue weighted by molar-refractivity contribution is -0.146. The molecule has 0 aliphatic rings. The Bertz CT molecular complexity index is 322. The highest BCUT2D eigenvalue weighted by Crippen LogP contribution is 2.25. The minimum absolute atomic E-state index is 0.471. The fourth-order valence-electron chi connectivity index (χ4n) is 0.823. The van der Waals surface area contributed by atoms with Gasteiger partial charge in [-0.25, -0.2) is 4.98 Å². The van der Waals surface area contributed by atoms with Crippen molar-refractivity contribution in [3.8, 4) is 0 Å². The zero-order valence-electron chi connectivity index (χ0n) is 7.37. The van der Waals surface area contributed by atoms with Crippen molar-refractivity contribution in [3.63, 3.8) is 0 Å². The number of rotatable bonds is 3. The van der Waals surface area contributed by atoms with Crippen LogP contribution in [0.25, 0.3) is 0 Å². The monoisotopic (exact) mass is 263 g/mol. The van der Waals surface area contributed by atoms with Gasteiger partial charge in [0.15, 0.2) is 0 Å². The van der Waals surface area contributed by atoms with Gasteiger partial charge in [0.25, 0.3) is 0 Å². The Morgan fingerprint density at radius 1 is 1.77 bits per heavy atom. The summed E-state index contributed by atoms with van der Waals surface area (Å²) in [5.41, 5.74) is -0.739. The molecule has 1 heterocycles. The van der Waals surface area contributed by atoms with Crippen LogP contribution in [-0.2, 0) is 11.2 Å². The first-order chi connectivity index (χ1) is 5.92. The van der Waals surface area contributed by atoms with Crippen LogP contribution in [0.1, 0.15) is 18.9 Å². The number of carbonyl (C=O) groups is 1. The minimum Gasteiger partial charge on any atom is -0.481 e. The van der Waals surface area contributed by atoms with E-state index in [1.54, 1.807) is 13.8 Å². The number of carboxylic acid groups (broad SMARTS) is 1. The first-order valence-electron chi connectivity index (χ1n) is 3.75. The molecule has 0 unspecified atom stereocenters. The van der Waals surface area contributed by atoms with Crippen molar-refractivity contribution >= 4 is 33.2 Å². The van der Waals surface area contributed by atoms with Crippen LogP contribution >= 0.6 is 27.3 Å². The number of halogens is 1. The molecule has 0 aliphatic carbocycles. The SMILES string of the molecule is CC(C)(Cc1nc(Br)cs1)C(=O)O. The van der Waals surface area contributed by atoms with Gasteiger partial charge in [-0.05, 0) is 29.8 Å². The van der Waals surface area contributed by atoms with Crippen LogP contribution in [0.4, 0.5) is 0 Å². The van der Waals surface area contributed by atoms with E-state index in [1.807, 2.05) is 5.38 Å². The molecule has 3 nitrogen and oxygen atoms in total. The van der Waals surface area contributed by atoms with Crippen molar-refractivity contribution in [3.05, 3.63) is 15.0 Å². The molecular weight excluding hydrogens is 254 g/mol. The molecule has 0 fully saturated rings. The van der Waals surface area contributed by atoms with Crippen LogP contribution in [0, 0.1) is 5.41 Å². The summed E-state index contributed by atoms with van der Waals surface area (Å²) >= 11 is 4.70. The van der Waals surface area contributed by atoms with E-state index < -0.39 is 11.4 Å². The maximum absolute atomic E-state index is 10.8. The summed E-state index contributed by atoms with van der Waals surface area (Å²) in [6.07, 6.45) is 0.471. The van der Waals surface area contributed by atoms with Gasteiger partial charge in [0.2, 0.25) is 0 Å². The van der Waals surface area contributed by atoms with E-state index in [9.17, 15) is 4.79 Å². The summed E-state index contributed by atoms with van der Waals surface area (Å²) in [7, 11) is 0. The van der Waals surface area contributed by atoms with Gasteiger partial charge in [-0.15, -0.1) is 11.3 Å². The van der Waals surface area contributed by atoms with Gasteiger partial charge in [0, 0.05) is 11.8 Å². The van der Waals surface area contributed by atoms with E-state index in [-0.39, 0.29) is 0 Å². The van der Waals surface area contributed by atoms with Gasteiger partial charge in [0.1, 0.15) is 4.60 Å². The number of hydrogen-bond acceptors (Lipinski definition) is 3. The molecule has 1 rings (SSSR count). The molecule has 5 heteroatoms. The number of hydrogen-bond donors (Lipinski definition) is 1. The van der Waals surface area contributed by atoms with E-state index in [4.69, 9.17) is 5.11 Å². The Balaban J connectivity index is 2.74. The largest absolute Gasteiger partial charge is 0.481 e. The highest BCUT2D eigenvalue weighted by atomic mass is 79.9. The first-order valence-corrected chi connectivity index (χ1v) is 5.42. The van der Waals surface area contributed by atoms with E-state index in [0.717, 1.165) is 9.61 Å². The zero-order chi connectivity index (χ0) is 10.1. The van der Waals surface area contributed by atoms with Crippen molar-refractivity contribution in [2.75, 3.05) is 0 Å². The summed E-state index contributed by atoms with van der Waals surface area (Å²) in [5, 5.41) is 11.6. The van der Waals surface area contributed by atoms with E-state index in [2.05, 4.69) is 20.9 Å². The van der Waals surface area contributed by atoms with Gasteiger partial charge in [-0.3, -0.25) is 4.79 Å². The molecular formula is C8H10BrNO2S. The van der Waals surface area contributed by atoms with E-state index in [0.29, 0.717) is 6.42 Å². The lowest BCUT2D eigenvalue weighted by atomic mass is 9.90. The molecule has 1 aromatic heterocycles. The molecule has 0 radical (unpaired) electrons. The summed E-state index contributed by atoms with van der Waals surface area (Å²) < 4.78 is 0.772. The average Bonchev–Trinajstić information content (AvgIpc) is 2.34. The molecule has 13 heavy (non-hydrogen) atoms. The Hall–Kier alpha value is -0.420. The van der Waals surface area contributed by atoms with Crippen LogP contribution in [0.3, 0.4) is 0 Å². The predicted molar refractivity (Wildman–Crippen MR) is 54.9 cm³/mol. The predicted octanol–water partition coefficient (Wildman–Crippen LogP) is 2.56. The molecule has 0 atom stereocenters. The van der Waals surface area contributed by atoms with Gasteiger partial charge >= 0.3 is 5.97 Å². The normalized spacial score (nSPS) is 11.6. The van der Waals surface area contributed by atoms with Crippen LogP contribution < -0.4 is 0 Å². The highest BCUT2D eigenvalue weighted by molar-refractivity contribution is 9.10. The maximum Gasteiger partial charge on any atom is 0.309 e. The lowest BCUT2D eigenvalue weighted by Gasteiger charge is -2.16. The topological polar surface area (TPSA) is 50.2 Å². The van der Waals surface area contributed by atoms with Gasteiger partial charge in [-0.1, -0.05) is 0 Å². The number of aliphatic carboxylic acids is 1. The highest BCUT2D eigenvalue weighted by Gasteiger charge is 2.28. The van der Waals surface area contributed by atoms with Crippen LogP contribution in [0.2, 0.25) is 0 Å². The second kappa shape index (κ2) is 3.75. The summed E-state index contributed by atoms with van der Waals surface area (Å²) in [6.45, 7) is 3.40. The molecule has 0 aliphatic heterocycles. The van der Waals surface area contributed by atoms with E-state index in [1.165, 1.54) is 11.3 Å². The van der Waals surface area contributed by atoms with Crippen molar-refractivity contribution in [2.45, 2.75) is 20.3 Å². The van der Waals surface area contributed by atoms with Crippen molar-refractivity contribution in [2.24, 2.45) is 5.41 Å². The smallest absolute Gasteiger partial charge is 0.309 e. The quantitative estimate of drug-likeness (QED) is 0.912. The molecule has 72 valence electrons. The van der Waals surface area contributed by atoms with E-state index >= 15 is 0 Å². The maximum atomic E-state index is 10.8. The fraction of sp³-hybridized carbons (Fsp3) is 0.500. The van der Waals surface area contributed by atoms with Gasteiger partial charge < -0.3 is 5.11 Å². The second-order valence-corrected chi connectivity index (χ2v) is 5.18.